The van der Waals surface area contributed by atoms with Gasteiger partial charge in [0.2, 0.25) is 0 Å². The maximum absolute atomic E-state index is 14.1. The minimum absolute atomic E-state index is 0.159. The van der Waals surface area contributed by atoms with Crippen LogP contribution < -0.4 is 10.6 Å². The molecule has 0 aliphatic heterocycles. The van der Waals surface area contributed by atoms with Crippen molar-refractivity contribution in [2.75, 3.05) is 38.6 Å². The molecule has 0 saturated heterocycles. The molecular weight excluding hydrogens is 241 g/mol. The van der Waals surface area contributed by atoms with E-state index in [-0.39, 0.29) is 11.9 Å². The van der Waals surface area contributed by atoms with Crippen LogP contribution >= 0.6 is 0 Å². The van der Waals surface area contributed by atoms with Crippen molar-refractivity contribution < 1.29 is 4.39 Å². The van der Waals surface area contributed by atoms with Crippen LogP contribution in [-0.2, 0) is 0 Å². The Bertz CT molecular complexity index is 391. The molecule has 1 aromatic carbocycles. The first-order chi connectivity index (χ1) is 8.97. The summed E-state index contributed by atoms with van der Waals surface area (Å²) < 4.78 is 14.1. The summed E-state index contributed by atoms with van der Waals surface area (Å²) in [4.78, 5) is 4.22. The SMILES string of the molecule is CCN(CCCN(C)C)c1c(F)cccc1[C@@H](C)N. The van der Waals surface area contributed by atoms with E-state index in [1.54, 1.807) is 6.07 Å². The molecule has 0 bridgehead atoms. The molecule has 0 radical (unpaired) electrons. The summed E-state index contributed by atoms with van der Waals surface area (Å²) >= 11 is 0. The number of benzene rings is 1. The highest BCUT2D eigenvalue weighted by atomic mass is 19.1. The number of nitrogens with zero attached hydrogens (tertiary/aromatic N) is 2. The Kier molecular flexibility index (Phi) is 6.25. The fraction of sp³-hybridized carbons (Fsp3) is 0.600. The Morgan fingerprint density at radius 1 is 1.26 bits per heavy atom. The molecule has 0 fully saturated rings. The van der Waals surface area contributed by atoms with E-state index in [1.807, 2.05) is 34.0 Å². The molecule has 0 aliphatic carbocycles. The molecular formula is C15H26FN3. The van der Waals surface area contributed by atoms with Gasteiger partial charge in [-0.3, -0.25) is 0 Å². The molecule has 3 nitrogen and oxygen atoms in total. The molecule has 0 saturated carbocycles. The van der Waals surface area contributed by atoms with Gasteiger partial charge in [0.25, 0.3) is 0 Å². The first-order valence-electron chi connectivity index (χ1n) is 6.91. The van der Waals surface area contributed by atoms with Gasteiger partial charge in [-0.05, 0) is 52.5 Å². The first-order valence-corrected chi connectivity index (χ1v) is 6.91. The molecule has 0 heterocycles. The summed E-state index contributed by atoms with van der Waals surface area (Å²) in [6.45, 7) is 6.57. The quantitative estimate of drug-likeness (QED) is 0.824. The fourth-order valence-electron chi connectivity index (χ4n) is 2.24. The summed E-state index contributed by atoms with van der Waals surface area (Å²) in [7, 11) is 4.10. The lowest BCUT2D eigenvalue weighted by atomic mass is 10.0. The summed E-state index contributed by atoms with van der Waals surface area (Å²) in [6, 6.07) is 4.99. The number of halogens is 1. The van der Waals surface area contributed by atoms with Crippen molar-refractivity contribution in [3.05, 3.63) is 29.6 Å². The highest BCUT2D eigenvalue weighted by molar-refractivity contribution is 5.56. The maximum Gasteiger partial charge on any atom is 0.146 e. The van der Waals surface area contributed by atoms with Crippen LogP contribution in [0.25, 0.3) is 0 Å². The van der Waals surface area contributed by atoms with E-state index in [0.717, 1.165) is 31.6 Å². The van der Waals surface area contributed by atoms with Crippen LogP contribution in [0.2, 0.25) is 0 Å². The van der Waals surface area contributed by atoms with Crippen molar-refractivity contribution in [1.82, 2.24) is 4.90 Å². The zero-order valence-electron chi connectivity index (χ0n) is 12.5. The number of hydrogen-bond acceptors (Lipinski definition) is 3. The Balaban J connectivity index is 2.91. The lowest BCUT2D eigenvalue weighted by Crippen LogP contribution is -2.29. The summed E-state index contributed by atoms with van der Waals surface area (Å²) in [5.74, 6) is -0.179. The molecule has 19 heavy (non-hydrogen) atoms. The minimum atomic E-state index is -0.179. The predicted octanol–water partition coefficient (Wildman–Crippen LogP) is 2.62. The Morgan fingerprint density at radius 2 is 1.95 bits per heavy atom. The van der Waals surface area contributed by atoms with E-state index < -0.39 is 0 Å². The number of para-hydroxylation sites is 1. The fourth-order valence-corrected chi connectivity index (χ4v) is 2.24. The van der Waals surface area contributed by atoms with Gasteiger partial charge < -0.3 is 15.5 Å². The Morgan fingerprint density at radius 3 is 2.47 bits per heavy atom. The van der Waals surface area contributed by atoms with Crippen molar-refractivity contribution in [1.29, 1.82) is 0 Å². The van der Waals surface area contributed by atoms with Gasteiger partial charge >= 0.3 is 0 Å². The maximum atomic E-state index is 14.1. The monoisotopic (exact) mass is 267 g/mol. The molecule has 1 aromatic rings. The van der Waals surface area contributed by atoms with E-state index in [1.165, 1.54) is 6.07 Å². The van der Waals surface area contributed by atoms with Gasteiger partial charge in [0.15, 0.2) is 0 Å². The molecule has 0 unspecified atom stereocenters. The molecule has 4 heteroatoms. The lowest BCUT2D eigenvalue weighted by molar-refractivity contribution is 0.400. The van der Waals surface area contributed by atoms with E-state index in [4.69, 9.17) is 5.73 Å². The second-order valence-electron chi connectivity index (χ2n) is 5.20. The third kappa shape index (κ3) is 4.48. The van der Waals surface area contributed by atoms with Crippen molar-refractivity contribution in [2.24, 2.45) is 5.73 Å². The first kappa shape index (κ1) is 15.9. The Labute approximate surface area is 116 Å². The van der Waals surface area contributed by atoms with Crippen LogP contribution in [0.4, 0.5) is 10.1 Å². The largest absolute Gasteiger partial charge is 0.369 e. The van der Waals surface area contributed by atoms with Gasteiger partial charge in [0, 0.05) is 19.1 Å². The van der Waals surface area contributed by atoms with Gasteiger partial charge in [-0.1, -0.05) is 12.1 Å². The number of hydrogen-bond donors (Lipinski definition) is 1. The molecule has 1 atom stereocenters. The highest BCUT2D eigenvalue weighted by Crippen LogP contribution is 2.28. The minimum Gasteiger partial charge on any atom is -0.369 e. The van der Waals surface area contributed by atoms with Crippen molar-refractivity contribution in [3.63, 3.8) is 0 Å². The van der Waals surface area contributed by atoms with Gasteiger partial charge in [-0.2, -0.15) is 0 Å². The smallest absolute Gasteiger partial charge is 0.146 e. The zero-order valence-corrected chi connectivity index (χ0v) is 12.5. The number of anilines is 1. The van der Waals surface area contributed by atoms with Crippen molar-refractivity contribution in [3.8, 4) is 0 Å². The van der Waals surface area contributed by atoms with Crippen LogP contribution in [-0.4, -0.2) is 38.6 Å². The molecule has 0 amide bonds. The zero-order chi connectivity index (χ0) is 14.4. The average Bonchev–Trinajstić information content (AvgIpc) is 2.34. The molecule has 1 rings (SSSR count). The normalized spacial score (nSPS) is 12.8. The van der Waals surface area contributed by atoms with Crippen molar-refractivity contribution >= 4 is 5.69 Å². The third-order valence-corrected chi connectivity index (χ3v) is 3.24. The van der Waals surface area contributed by atoms with Gasteiger partial charge in [0.05, 0.1) is 5.69 Å². The van der Waals surface area contributed by atoms with Gasteiger partial charge in [-0.15, -0.1) is 0 Å². The third-order valence-electron chi connectivity index (χ3n) is 3.24. The molecule has 2 N–H and O–H groups in total. The van der Waals surface area contributed by atoms with Gasteiger partial charge in [-0.25, -0.2) is 4.39 Å². The van der Waals surface area contributed by atoms with E-state index >= 15 is 0 Å². The Hall–Kier alpha value is -1.13. The van der Waals surface area contributed by atoms with Crippen molar-refractivity contribution in [2.45, 2.75) is 26.3 Å². The van der Waals surface area contributed by atoms with E-state index in [2.05, 4.69) is 9.80 Å². The predicted molar refractivity (Wildman–Crippen MR) is 80.1 cm³/mol. The lowest BCUT2D eigenvalue weighted by Gasteiger charge is -2.28. The second-order valence-corrected chi connectivity index (χ2v) is 5.20. The molecule has 0 aromatic heterocycles. The second kappa shape index (κ2) is 7.46. The van der Waals surface area contributed by atoms with Crippen LogP contribution in [0.5, 0.6) is 0 Å². The molecule has 0 spiro atoms. The van der Waals surface area contributed by atoms with Crippen LogP contribution in [0.1, 0.15) is 31.9 Å². The summed E-state index contributed by atoms with van der Waals surface area (Å²) in [6.07, 6.45) is 1.01. The number of rotatable bonds is 7. The van der Waals surface area contributed by atoms with Gasteiger partial charge in [0.1, 0.15) is 5.82 Å². The standard InChI is InChI=1S/C15H26FN3/c1-5-19(11-7-10-18(3)4)15-13(12(2)17)8-6-9-14(15)16/h6,8-9,12H,5,7,10-11,17H2,1-4H3/t12-/m1/s1. The molecule has 108 valence electrons. The summed E-state index contributed by atoms with van der Waals surface area (Å²) in [5.41, 5.74) is 7.50. The van der Waals surface area contributed by atoms with E-state index in [9.17, 15) is 4.39 Å². The number of nitrogens with two attached hydrogens (primary N) is 1. The average molecular weight is 267 g/mol. The summed E-state index contributed by atoms with van der Waals surface area (Å²) in [5, 5.41) is 0. The van der Waals surface area contributed by atoms with Crippen LogP contribution in [0, 0.1) is 5.82 Å². The van der Waals surface area contributed by atoms with Crippen LogP contribution in [0.15, 0.2) is 18.2 Å². The van der Waals surface area contributed by atoms with E-state index in [0.29, 0.717) is 5.69 Å². The molecule has 0 aliphatic rings. The highest BCUT2D eigenvalue weighted by Gasteiger charge is 2.16. The van der Waals surface area contributed by atoms with Crippen LogP contribution in [0.3, 0.4) is 0 Å². The topological polar surface area (TPSA) is 32.5 Å².